The third-order valence-electron chi connectivity index (χ3n) is 3.49. The maximum atomic E-state index is 9.33. The fourth-order valence-electron chi connectivity index (χ4n) is 2.22. The van der Waals surface area contributed by atoms with Crippen LogP contribution in [0.4, 0.5) is 0 Å². The van der Waals surface area contributed by atoms with Gasteiger partial charge in [-0.25, -0.2) is 0 Å². The number of hydrogen-bond donors (Lipinski definition) is 2. The topological polar surface area (TPSA) is 49.7 Å². The zero-order valence-electron chi connectivity index (χ0n) is 12.4. The SMILES string of the molecule is C=C(Oc1ccc(O)cc1)c1ccc(-c2ccc(O)cc2)cc1. The number of rotatable bonds is 4. The number of ether oxygens (including phenoxy) is 1. The highest BCUT2D eigenvalue weighted by Gasteiger charge is 2.04. The minimum absolute atomic E-state index is 0.196. The van der Waals surface area contributed by atoms with E-state index in [2.05, 4.69) is 6.58 Å². The average Bonchev–Trinajstić information content (AvgIpc) is 2.58. The van der Waals surface area contributed by atoms with Crippen molar-refractivity contribution in [3.8, 4) is 28.4 Å². The van der Waals surface area contributed by atoms with Gasteiger partial charge in [0, 0.05) is 5.56 Å². The summed E-state index contributed by atoms with van der Waals surface area (Å²) in [5.74, 6) is 1.60. The lowest BCUT2D eigenvalue weighted by atomic mass is 10.0. The molecule has 3 aromatic rings. The molecule has 3 heteroatoms. The van der Waals surface area contributed by atoms with E-state index >= 15 is 0 Å². The molecule has 0 fully saturated rings. The van der Waals surface area contributed by atoms with Crippen molar-refractivity contribution in [3.05, 3.63) is 84.9 Å². The summed E-state index contributed by atoms with van der Waals surface area (Å²) in [6.45, 7) is 3.94. The van der Waals surface area contributed by atoms with Gasteiger partial charge < -0.3 is 14.9 Å². The molecule has 0 atom stereocenters. The Morgan fingerprint density at radius 3 is 1.61 bits per heavy atom. The Labute approximate surface area is 134 Å². The van der Waals surface area contributed by atoms with Crippen LogP contribution in [0.5, 0.6) is 17.2 Å². The molecule has 114 valence electrons. The largest absolute Gasteiger partial charge is 0.508 e. The monoisotopic (exact) mass is 304 g/mol. The van der Waals surface area contributed by atoms with Gasteiger partial charge in [0.15, 0.2) is 0 Å². The average molecular weight is 304 g/mol. The van der Waals surface area contributed by atoms with Crippen LogP contribution in [0.1, 0.15) is 5.56 Å². The third-order valence-corrected chi connectivity index (χ3v) is 3.49. The second kappa shape index (κ2) is 6.28. The van der Waals surface area contributed by atoms with Gasteiger partial charge in [-0.15, -0.1) is 0 Å². The van der Waals surface area contributed by atoms with Gasteiger partial charge in [0.2, 0.25) is 0 Å². The van der Waals surface area contributed by atoms with Crippen LogP contribution in [0.2, 0.25) is 0 Å². The van der Waals surface area contributed by atoms with Crippen molar-refractivity contribution in [1.82, 2.24) is 0 Å². The Morgan fingerprint density at radius 1 is 0.652 bits per heavy atom. The molecular weight excluding hydrogens is 288 g/mol. The van der Waals surface area contributed by atoms with Crippen LogP contribution >= 0.6 is 0 Å². The van der Waals surface area contributed by atoms with Gasteiger partial charge in [-0.3, -0.25) is 0 Å². The molecule has 0 aromatic heterocycles. The molecule has 0 heterocycles. The number of benzene rings is 3. The van der Waals surface area contributed by atoms with Gasteiger partial charge >= 0.3 is 0 Å². The van der Waals surface area contributed by atoms with E-state index < -0.39 is 0 Å². The number of hydrogen-bond acceptors (Lipinski definition) is 3. The summed E-state index contributed by atoms with van der Waals surface area (Å²) in [5, 5.41) is 18.6. The van der Waals surface area contributed by atoms with E-state index in [1.807, 2.05) is 36.4 Å². The molecule has 0 aliphatic rings. The van der Waals surface area contributed by atoms with Crippen molar-refractivity contribution >= 4 is 5.76 Å². The van der Waals surface area contributed by atoms with Crippen molar-refractivity contribution in [2.24, 2.45) is 0 Å². The molecular formula is C20H16O3. The second-order valence-electron chi connectivity index (χ2n) is 5.14. The molecule has 0 aliphatic carbocycles. The Hall–Kier alpha value is -3.20. The Bertz CT molecular complexity index is 801. The van der Waals surface area contributed by atoms with Crippen LogP contribution < -0.4 is 4.74 Å². The molecule has 0 bridgehead atoms. The van der Waals surface area contributed by atoms with E-state index in [0.717, 1.165) is 16.7 Å². The minimum atomic E-state index is 0.196. The molecule has 2 N–H and O–H groups in total. The normalized spacial score (nSPS) is 10.3. The van der Waals surface area contributed by atoms with Gasteiger partial charge in [0.25, 0.3) is 0 Å². The van der Waals surface area contributed by atoms with Crippen molar-refractivity contribution in [2.75, 3.05) is 0 Å². The maximum Gasteiger partial charge on any atom is 0.127 e. The van der Waals surface area contributed by atoms with Crippen LogP contribution in [0.25, 0.3) is 16.9 Å². The smallest absolute Gasteiger partial charge is 0.127 e. The number of phenolic OH excluding ortho intramolecular Hbond substituents is 2. The quantitative estimate of drug-likeness (QED) is 0.680. The fourth-order valence-corrected chi connectivity index (χ4v) is 2.22. The Morgan fingerprint density at radius 2 is 1.09 bits per heavy atom. The summed E-state index contributed by atoms with van der Waals surface area (Å²) in [6.07, 6.45) is 0. The Balaban J connectivity index is 1.74. The molecule has 0 saturated carbocycles. The van der Waals surface area contributed by atoms with Gasteiger partial charge in [-0.1, -0.05) is 43.0 Å². The molecule has 3 aromatic carbocycles. The minimum Gasteiger partial charge on any atom is -0.508 e. The summed E-state index contributed by atoms with van der Waals surface area (Å²) < 4.78 is 5.68. The summed E-state index contributed by atoms with van der Waals surface area (Å²) in [7, 11) is 0. The lowest BCUT2D eigenvalue weighted by Gasteiger charge is -2.10. The molecule has 0 unspecified atom stereocenters. The summed E-state index contributed by atoms with van der Waals surface area (Å²) >= 11 is 0. The molecule has 0 spiro atoms. The Kier molecular flexibility index (Phi) is 4.02. The molecule has 3 nitrogen and oxygen atoms in total. The van der Waals surface area contributed by atoms with Crippen LogP contribution in [-0.2, 0) is 0 Å². The molecule has 0 aliphatic heterocycles. The number of aromatic hydroxyl groups is 2. The van der Waals surface area contributed by atoms with Crippen LogP contribution in [0, 0.1) is 0 Å². The first kappa shape index (κ1) is 14.7. The fraction of sp³-hybridized carbons (Fsp3) is 0. The zero-order valence-corrected chi connectivity index (χ0v) is 12.4. The first-order chi connectivity index (χ1) is 11.1. The van der Waals surface area contributed by atoms with Crippen LogP contribution in [-0.4, -0.2) is 10.2 Å². The summed E-state index contributed by atoms with van der Waals surface area (Å²) in [5.41, 5.74) is 2.95. The van der Waals surface area contributed by atoms with Gasteiger partial charge in [0.05, 0.1) is 0 Å². The standard InChI is InChI=1S/C20H16O3/c1-14(23-20-12-10-19(22)11-13-20)15-2-4-16(5-3-15)17-6-8-18(21)9-7-17/h2-13,21-22H,1H2. The zero-order chi connectivity index (χ0) is 16.2. The molecule has 3 rings (SSSR count). The van der Waals surface area contributed by atoms with Crippen LogP contribution in [0.3, 0.4) is 0 Å². The van der Waals surface area contributed by atoms with E-state index in [9.17, 15) is 10.2 Å². The number of phenols is 2. The highest BCUT2D eigenvalue weighted by molar-refractivity contribution is 5.68. The van der Waals surface area contributed by atoms with Crippen LogP contribution in [0.15, 0.2) is 79.4 Å². The predicted molar refractivity (Wildman–Crippen MR) is 91.3 cm³/mol. The first-order valence-electron chi connectivity index (χ1n) is 7.17. The third kappa shape index (κ3) is 3.52. The van der Waals surface area contributed by atoms with Crippen molar-refractivity contribution < 1.29 is 14.9 Å². The molecule has 23 heavy (non-hydrogen) atoms. The highest BCUT2D eigenvalue weighted by atomic mass is 16.5. The summed E-state index contributed by atoms with van der Waals surface area (Å²) in [4.78, 5) is 0. The lowest BCUT2D eigenvalue weighted by molar-refractivity contribution is 0.471. The van der Waals surface area contributed by atoms with E-state index in [0.29, 0.717) is 11.5 Å². The van der Waals surface area contributed by atoms with Gasteiger partial charge in [0.1, 0.15) is 23.0 Å². The first-order valence-corrected chi connectivity index (χ1v) is 7.17. The van der Waals surface area contributed by atoms with Gasteiger partial charge in [-0.2, -0.15) is 0 Å². The van der Waals surface area contributed by atoms with E-state index in [4.69, 9.17) is 4.74 Å². The molecule has 0 radical (unpaired) electrons. The lowest BCUT2D eigenvalue weighted by Crippen LogP contribution is -1.93. The molecule has 0 amide bonds. The van der Waals surface area contributed by atoms with E-state index in [1.54, 1.807) is 36.4 Å². The van der Waals surface area contributed by atoms with Gasteiger partial charge in [-0.05, 0) is 47.5 Å². The highest BCUT2D eigenvalue weighted by Crippen LogP contribution is 2.26. The predicted octanol–water partition coefficient (Wildman–Crippen LogP) is 4.81. The maximum absolute atomic E-state index is 9.33. The van der Waals surface area contributed by atoms with Crippen molar-refractivity contribution in [3.63, 3.8) is 0 Å². The summed E-state index contributed by atoms with van der Waals surface area (Å²) in [6, 6.07) is 21.4. The van der Waals surface area contributed by atoms with Crippen molar-refractivity contribution in [1.29, 1.82) is 0 Å². The van der Waals surface area contributed by atoms with Crippen molar-refractivity contribution in [2.45, 2.75) is 0 Å². The molecule has 0 saturated heterocycles. The van der Waals surface area contributed by atoms with E-state index in [1.165, 1.54) is 0 Å². The second-order valence-corrected chi connectivity index (χ2v) is 5.14. The van der Waals surface area contributed by atoms with E-state index in [-0.39, 0.29) is 11.5 Å².